The highest BCUT2D eigenvalue weighted by molar-refractivity contribution is 4.88. The number of rotatable bonds is 5. The first kappa shape index (κ1) is 11.3. The molecule has 2 fully saturated rings. The van der Waals surface area contributed by atoms with Crippen LogP contribution in [0.2, 0.25) is 0 Å². The summed E-state index contributed by atoms with van der Waals surface area (Å²) in [7, 11) is 0. The first-order chi connectivity index (χ1) is 7.35. The van der Waals surface area contributed by atoms with Gasteiger partial charge >= 0.3 is 0 Å². The van der Waals surface area contributed by atoms with Crippen molar-refractivity contribution in [2.24, 2.45) is 17.1 Å². The van der Waals surface area contributed by atoms with E-state index in [0.717, 1.165) is 52.0 Å². The molecular weight excluding hydrogens is 192 g/mol. The number of hydrogen-bond acceptors (Lipinski definition) is 4. The van der Waals surface area contributed by atoms with Crippen LogP contribution in [0, 0.1) is 11.3 Å². The smallest absolute Gasteiger partial charge is 0.0569 e. The number of ether oxygens (including phenoxy) is 2. The minimum Gasteiger partial charge on any atom is -0.381 e. The molecule has 0 radical (unpaired) electrons. The molecule has 0 aliphatic carbocycles. The zero-order valence-corrected chi connectivity index (χ0v) is 9.34. The molecule has 15 heavy (non-hydrogen) atoms. The second kappa shape index (κ2) is 5.25. The lowest BCUT2D eigenvalue weighted by Gasteiger charge is -2.41. The van der Waals surface area contributed by atoms with Gasteiger partial charge < -0.3 is 20.5 Å². The molecular formula is C11H22N2O2. The zero-order chi connectivity index (χ0) is 10.6. The van der Waals surface area contributed by atoms with E-state index in [1.165, 1.54) is 12.8 Å². The monoisotopic (exact) mass is 214 g/mol. The Balaban J connectivity index is 1.61. The van der Waals surface area contributed by atoms with Gasteiger partial charge in [-0.15, -0.1) is 0 Å². The van der Waals surface area contributed by atoms with E-state index in [2.05, 4.69) is 5.32 Å². The summed E-state index contributed by atoms with van der Waals surface area (Å²) in [6.07, 6.45) is 2.39. The molecule has 0 spiro atoms. The summed E-state index contributed by atoms with van der Waals surface area (Å²) in [6, 6.07) is 0. The zero-order valence-electron chi connectivity index (χ0n) is 9.34. The molecule has 2 saturated heterocycles. The van der Waals surface area contributed by atoms with Gasteiger partial charge in [0.2, 0.25) is 0 Å². The fourth-order valence-electron chi connectivity index (χ4n) is 2.17. The predicted octanol–water partition coefficient (Wildman–Crippen LogP) is -0.0221. The molecule has 2 rings (SSSR count). The van der Waals surface area contributed by atoms with Crippen molar-refractivity contribution in [2.75, 3.05) is 46.1 Å². The van der Waals surface area contributed by atoms with E-state index in [1.807, 2.05) is 0 Å². The van der Waals surface area contributed by atoms with E-state index in [1.54, 1.807) is 0 Å². The van der Waals surface area contributed by atoms with Gasteiger partial charge in [0.25, 0.3) is 0 Å². The van der Waals surface area contributed by atoms with Gasteiger partial charge in [0, 0.05) is 31.7 Å². The van der Waals surface area contributed by atoms with Gasteiger partial charge in [-0.2, -0.15) is 0 Å². The largest absolute Gasteiger partial charge is 0.381 e. The van der Waals surface area contributed by atoms with E-state index >= 15 is 0 Å². The van der Waals surface area contributed by atoms with Crippen LogP contribution in [0.5, 0.6) is 0 Å². The van der Waals surface area contributed by atoms with Crippen LogP contribution in [0.15, 0.2) is 0 Å². The Morgan fingerprint density at radius 2 is 1.93 bits per heavy atom. The van der Waals surface area contributed by atoms with Crippen molar-refractivity contribution < 1.29 is 9.47 Å². The topological polar surface area (TPSA) is 56.5 Å². The molecule has 0 aromatic heterocycles. The van der Waals surface area contributed by atoms with Gasteiger partial charge in [0.15, 0.2) is 0 Å². The third-order valence-electron chi connectivity index (χ3n) is 3.52. The van der Waals surface area contributed by atoms with E-state index in [4.69, 9.17) is 15.2 Å². The molecule has 2 aliphatic rings. The third kappa shape index (κ3) is 2.91. The van der Waals surface area contributed by atoms with Crippen molar-refractivity contribution in [3.8, 4) is 0 Å². The van der Waals surface area contributed by atoms with Crippen LogP contribution in [-0.2, 0) is 9.47 Å². The molecule has 0 aromatic carbocycles. The van der Waals surface area contributed by atoms with Gasteiger partial charge in [-0.05, 0) is 25.3 Å². The molecule has 4 heteroatoms. The van der Waals surface area contributed by atoms with Crippen molar-refractivity contribution in [1.29, 1.82) is 0 Å². The summed E-state index contributed by atoms with van der Waals surface area (Å²) in [6.45, 7) is 6.34. The molecule has 0 atom stereocenters. The molecule has 0 saturated carbocycles. The Kier molecular flexibility index (Phi) is 3.97. The second-order valence-electron chi connectivity index (χ2n) is 4.88. The van der Waals surface area contributed by atoms with Gasteiger partial charge in [0.1, 0.15) is 0 Å². The molecule has 0 unspecified atom stereocenters. The van der Waals surface area contributed by atoms with E-state index in [-0.39, 0.29) is 5.41 Å². The summed E-state index contributed by atoms with van der Waals surface area (Å²) in [5.74, 6) is 0.787. The van der Waals surface area contributed by atoms with Crippen LogP contribution in [-0.4, -0.2) is 46.1 Å². The van der Waals surface area contributed by atoms with Crippen LogP contribution in [0.1, 0.15) is 12.8 Å². The average Bonchev–Trinajstić information content (AvgIpc) is 2.24. The van der Waals surface area contributed by atoms with Crippen molar-refractivity contribution in [1.82, 2.24) is 5.32 Å². The molecule has 0 amide bonds. The Labute approximate surface area is 91.5 Å². The van der Waals surface area contributed by atoms with Crippen LogP contribution in [0.4, 0.5) is 0 Å². The molecule has 3 N–H and O–H groups in total. The summed E-state index contributed by atoms with van der Waals surface area (Å²) >= 11 is 0. The highest BCUT2D eigenvalue weighted by Crippen LogP contribution is 2.25. The Bertz CT molecular complexity index is 184. The molecule has 2 heterocycles. The van der Waals surface area contributed by atoms with Crippen LogP contribution in [0.25, 0.3) is 0 Å². The van der Waals surface area contributed by atoms with Gasteiger partial charge in [-0.25, -0.2) is 0 Å². The first-order valence-corrected chi connectivity index (χ1v) is 5.91. The van der Waals surface area contributed by atoms with Crippen LogP contribution in [0.3, 0.4) is 0 Å². The lowest BCUT2D eigenvalue weighted by molar-refractivity contribution is -0.105. The quantitative estimate of drug-likeness (QED) is 0.675. The summed E-state index contributed by atoms with van der Waals surface area (Å²) in [4.78, 5) is 0. The first-order valence-electron chi connectivity index (χ1n) is 5.91. The summed E-state index contributed by atoms with van der Waals surface area (Å²) in [5.41, 5.74) is 5.98. The lowest BCUT2D eigenvalue weighted by atomic mass is 9.86. The van der Waals surface area contributed by atoms with Crippen LogP contribution < -0.4 is 11.1 Å². The van der Waals surface area contributed by atoms with Gasteiger partial charge in [-0.1, -0.05) is 0 Å². The molecule has 2 aliphatic heterocycles. The third-order valence-corrected chi connectivity index (χ3v) is 3.52. The molecule has 0 bridgehead atoms. The maximum absolute atomic E-state index is 5.75. The predicted molar refractivity (Wildman–Crippen MR) is 58.7 cm³/mol. The molecule has 4 nitrogen and oxygen atoms in total. The van der Waals surface area contributed by atoms with Gasteiger partial charge in [0.05, 0.1) is 13.2 Å². The summed E-state index contributed by atoms with van der Waals surface area (Å²) in [5, 5.41) is 3.53. The number of hydrogen-bond donors (Lipinski definition) is 2. The fourth-order valence-corrected chi connectivity index (χ4v) is 2.17. The van der Waals surface area contributed by atoms with Crippen LogP contribution >= 0.6 is 0 Å². The maximum Gasteiger partial charge on any atom is 0.0569 e. The lowest BCUT2D eigenvalue weighted by Crippen LogP contribution is -2.54. The minimum atomic E-state index is 0.227. The van der Waals surface area contributed by atoms with E-state index in [0.29, 0.717) is 0 Å². The Morgan fingerprint density at radius 3 is 2.47 bits per heavy atom. The Morgan fingerprint density at radius 1 is 1.20 bits per heavy atom. The number of nitrogens with two attached hydrogens (primary N) is 1. The van der Waals surface area contributed by atoms with E-state index < -0.39 is 0 Å². The highest BCUT2D eigenvalue weighted by atomic mass is 16.5. The number of nitrogens with one attached hydrogen (secondary N) is 1. The van der Waals surface area contributed by atoms with Crippen molar-refractivity contribution in [2.45, 2.75) is 12.8 Å². The van der Waals surface area contributed by atoms with Crippen molar-refractivity contribution >= 4 is 0 Å². The molecule has 0 aromatic rings. The average molecular weight is 214 g/mol. The molecule has 88 valence electrons. The standard InChI is InChI=1S/C11H22N2O2/c12-6-11(8-15-9-11)7-13-5-10-1-3-14-4-2-10/h10,13H,1-9,12H2. The maximum atomic E-state index is 5.75. The fraction of sp³-hybridized carbons (Fsp3) is 1.00. The Hall–Kier alpha value is -0.160. The highest BCUT2D eigenvalue weighted by Gasteiger charge is 2.36. The van der Waals surface area contributed by atoms with Gasteiger partial charge in [-0.3, -0.25) is 0 Å². The van der Waals surface area contributed by atoms with E-state index in [9.17, 15) is 0 Å². The second-order valence-corrected chi connectivity index (χ2v) is 4.88. The van der Waals surface area contributed by atoms with Crippen molar-refractivity contribution in [3.63, 3.8) is 0 Å². The van der Waals surface area contributed by atoms with Crippen molar-refractivity contribution in [3.05, 3.63) is 0 Å². The normalized spacial score (nSPS) is 26.2. The minimum absolute atomic E-state index is 0.227. The summed E-state index contributed by atoms with van der Waals surface area (Å²) < 4.78 is 10.6. The SMILES string of the molecule is NCC1(CNCC2CCOCC2)COC1.